The van der Waals surface area contributed by atoms with E-state index in [1.807, 2.05) is 6.92 Å². The van der Waals surface area contributed by atoms with Crippen molar-refractivity contribution in [2.24, 2.45) is 11.8 Å². The number of sulfone groups is 1. The molecule has 1 aromatic rings. The highest BCUT2D eigenvalue weighted by molar-refractivity contribution is 7.96. The van der Waals surface area contributed by atoms with Crippen LogP contribution in [0.4, 0.5) is 0 Å². The molecule has 20 heavy (non-hydrogen) atoms. The Labute approximate surface area is 121 Å². The van der Waals surface area contributed by atoms with Crippen LogP contribution in [0.25, 0.3) is 0 Å². The summed E-state index contributed by atoms with van der Waals surface area (Å²) in [6, 6.07) is 7.98. The fourth-order valence-corrected chi connectivity index (χ4v) is 4.10. The van der Waals surface area contributed by atoms with Crippen LogP contribution < -0.4 is 0 Å². The lowest BCUT2D eigenvalue weighted by Crippen LogP contribution is -2.36. The maximum absolute atomic E-state index is 12.6. The molecular formula is C14H17O4PS. The van der Waals surface area contributed by atoms with Crippen LogP contribution in [0.15, 0.2) is 46.2 Å². The molecule has 0 aromatic heterocycles. The molecule has 1 aliphatic rings. The summed E-state index contributed by atoms with van der Waals surface area (Å²) in [5.41, 5.74) is 0. The molecule has 0 fully saturated rings. The zero-order valence-electron chi connectivity index (χ0n) is 11.3. The number of carbonyl (C=O) groups is 1. The van der Waals surface area contributed by atoms with Gasteiger partial charge in [0.15, 0.2) is 5.78 Å². The molecule has 0 bridgehead atoms. The molecule has 108 valence electrons. The van der Waals surface area contributed by atoms with Gasteiger partial charge in [-0.25, -0.2) is 8.42 Å². The molecule has 0 saturated carbocycles. The van der Waals surface area contributed by atoms with Gasteiger partial charge in [0.25, 0.3) is 0 Å². The van der Waals surface area contributed by atoms with E-state index < -0.39 is 15.9 Å². The third kappa shape index (κ3) is 2.58. The van der Waals surface area contributed by atoms with E-state index in [1.54, 1.807) is 25.1 Å². The summed E-state index contributed by atoms with van der Waals surface area (Å²) < 4.78 is 30.3. The van der Waals surface area contributed by atoms with Crippen LogP contribution >= 0.6 is 9.47 Å². The molecule has 4 atom stereocenters. The van der Waals surface area contributed by atoms with Crippen molar-refractivity contribution in [1.29, 1.82) is 0 Å². The van der Waals surface area contributed by atoms with Gasteiger partial charge in [-0.15, -0.1) is 0 Å². The molecule has 1 aromatic carbocycles. The molecule has 0 heterocycles. The number of ketones is 1. The average Bonchev–Trinajstić information content (AvgIpc) is 2.46. The highest BCUT2D eigenvalue weighted by Crippen LogP contribution is 2.34. The summed E-state index contributed by atoms with van der Waals surface area (Å²) in [6.45, 7) is 3.61. The molecule has 4 nitrogen and oxygen atoms in total. The summed E-state index contributed by atoms with van der Waals surface area (Å²) in [6.07, 6.45) is 1.02. The van der Waals surface area contributed by atoms with E-state index >= 15 is 0 Å². The first-order chi connectivity index (χ1) is 9.39. The topological polar surface area (TPSA) is 60.4 Å². The van der Waals surface area contributed by atoms with Gasteiger partial charge in [-0.1, -0.05) is 32.0 Å². The van der Waals surface area contributed by atoms with Gasteiger partial charge < -0.3 is 4.52 Å². The van der Waals surface area contributed by atoms with Crippen molar-refractivity contribution in [2.45, 2.75) is 24.8 Å². The van der Waals surface area contributed by atoms with Crippen LogP contribution in [0.1, 0.15) is 13.8 Å². The Morgan fingerprint density at radius 2 is 1.75 bits per heavy atom. The second-order valence-corrected chi connectivity index (χ2v) is 7.15. The Morgan fingerprint density at radius 3 is 2.30 bits per heavy atom. The standard InChI is InChI=1S/C14H17O4PS/c1-9-10(2)14(15)13(8-12(9)18-19)20(16,17)11-6-4-3-5-7-11/h3-10,12H,19H2,1-2H3. The maximum atomic E-state index is 12.6. The van der Waals surface area contributed by atoms with Gasteiger partial charge in [0.05, 0.1) is 11.0 Å². The number of allylic oxidation sites excluding steroid dienone is 1. The average molecular weight is 312 g/mol. The van der Waals surface area contributed by atoms with Crippen LogP contribution in [0.2, 0.25) is 0 Å². The van der Waals surface area contributed by atoms with Gasteiger partial charge in [0.1, 0.15) is 4.91 Å². The van der Waals surface area contributed by atoms with Crippen molar-refractivity contribution in [3.05, 3.63) is 41.3 Å². The molecule has 0 aliphatic heterocycles. The molecule has 1 aliphatic carbocycles. The second-order valence-electron chi connectivity index (χ2n) is 4.96. The largest absolute Gasteiger partial charge is 0.358 e. The highest BCUT2D eigenvalue weighted by Gasteiger charge is 2.39. The number of hydrogen-bond donors (Lipinski definition) is 0. The summed E-state index contributed by atoms with van der Waals surface area (Å²) in [5.74, 6) is -0.798. The second kappa shape index (κ2) is 5.76. The lowest BCUT2D eigenvalue weighted by atomic mass is 9.83. The fourth-order valence-electron chi connectivity index (χ4n) is 2.24. The van der Waals surface area contributed by atoms with E-state index in [9.17, 15) is 13.2 Å². The van der Waals surface area contributed by atoms with E-state index in [0.717, 1.165) is 0 Å². The smallest absolute Gasteiger partial charge is 0.209 e. The van der Waals surface area contributed by atoms with E-state index in [2.05, 4.69) is 9.47 Å². The lowest BCUT2D eigenvalue weighted by molar-refractivity contribution is -0.121. The minimum atomic E-state index is -3.79. The van der Waals surface area contributed by atoms with E-state index in [4.69, 9.17) is 4.52 Å². The zero-order valence-corrected chi connectivity index (χ0v) is 13.3. The third-order valence-corrected chi connectivity index (χ3v) is 5.90. The van der Waals surface area contributed by atoms with Crippen molar-refractivity contribution in [3.8, 4) is 0 Å². The molecule has 0 spiro atoms. The quantitative estimate of drug-likeness (QED) is 0.804. The van der Waals surface area contributed by atoms with Crippen molar-refractivity contribution >= 4 is 25.1 Å². The molecule has 6 heteroatoms. The first-order valence-corrected chi connectivity index (χ1v) is 8.26. The molecule has 4 unspecified atom stereocenters. The summed E-state index contributed by atoms with van der Waals surface area (Å²) in [5, 5.41) is 0. The Morgan fingerprint density at radius 1 is 1.15 bits per heavy atom. The molecule has 0 N–H and O–H groups in total. The zero-order chi connectivity index (χ0) is 14.9. The molecular weight excluding hydrogens is 295 g/mol. The number of hydrogen-bond acceptors (Lipinski definition) is 4. The Balaban J connectivity index is 2.53. The first-order valence-electron chi connectivity index (χ1n) is 6.31. The van der Waals surface area contributed by atoms with Crippen molar-refractivity contribution in [3.63, 3.8) is 0 Å². The van der Waals surface area contributed by atoms with Gasteiger partial charge in [0, 0.05) is 15.4 Å². The normalized spacial score (nSPS) is 27.2. The summed E-state index contributed by atoms with van der Waals surface area (Å²) in [7, 11) is -1.66. The van der Waals surface area contributed by atoms with Gasteiger partial charge in [-0.3, -0.25) is 4.79 Å². The van der Waals surface area contributed by atoms with Crippen molar-refractivity contribution < 1.29 is 17.7 Å². The minimum absolute atomic E-state index is 0.0604. The summed E-state index contributed by atoms with van der Waals surface area (Å²) in [4.78, 5) is 12.3. The van der Waals surface area contributed by atoms with Crippen LogP contribution in [0, 0.1) is 11.8 Å². The Bertz CT molecular complexity index is 636. The van der Waals surface area contributed by atoms with Gasteiger partial charge in [0.2, 0.25) is 9.84 Å². The lowest BCUT2D eigenvalue weighted by Gasteiger charge is -2.30. The van der Waals surface area contributed by atoms with E-state index in [1.165, 1.54) is 18.2 Å². The number of benzene rings is 1. The molecule has 0 radical (unpaired) electrons. The first kappa shape index (κ1) is 15.4. The van der Waals surface area contributed by atoms with E-state index in [0.29, 0.717) is 0 Å². The van der Waals surface area contributed by atoms with Crippen LogP contribution in [0.3, 0.4) is 0 Å². The molecule has 0 amide bonds. The number of rotatable bonds is 3. The molecule has 2 rings (SSSR count). The summed E-state index contributed by atoms with van der Waals surface area (Å²) >= 11 is 0. The monoisotopic (exact) mass is 312 g/mol. The van der Waals surface area contributed by atoms with Crippen LogP contribution in [-0.4, -0.2) is 20.3 Å². The minimum Gasteiger partial charge on any atom is -0.358 e. The van der Waals surface area contributed by atoms with Crippen molar-refractivity contribution in [1.82, 2.24) is 0 Å². The highest BCUT2D eigenvalue weighted by atomic mass is 32.2. The Hall–Kier alpha value is -1.03. The van der Waals surface area contributed by atoms with Gasteiger partial charge in [-0.2, -0.15) is 0 Å². The third-order valence-electron chi connectivity index (χ3n) is 3.78. The predicted octanol–water partition coefficient (Wildman–Crippen LogP) is 2.37. The van der Waals surface area contributed by atoms with E-state index in [-0.39, 0.29) is 27.4 Å². The Kier molecular flexibility index (Phi) is 4.43. The fraction of sp³-hybridized carbons (Fsp3) is 0.357. The predicted molar refractivity (Wildman–Crippen MR) is 79.6 cm³/mol. The number of Topliss-reactive ketones (excluding diaryl/α,β-unsaturated/α-hetero) is 1. The van der Waals surface area contributed by atoms with Crippen LogP contribution in [-0.2, 0) is 19.2 Å². The SMILES string of the molecule is CC1C(=O)C(S(=O)(=O)c2ccccc2)=CC(OP)C1C. The number of carbonyl (C=O) groups excluding carboxylic acids is 1. The van der Waals surface area contributed by atoms with Gasteiger partial charge >= 0.3 is 0 Å². The molecule has 0 saturated heterocycles. The maximum Gasteiger partial charge on any atom is 0.209 e. The van der Waals surface area contributed by atoms with Gasteiger partial charge in [-0.05, 0) is 24.1 Å². The van der Waals surface area contributed by atoms with Crippen molar-refractivity contribution in [2.75, 3.05) is 0 Å². The van der Waals surface area contributed by atoms with Crippen LogP contribution in [0.5, 0.6) is 0 Å².